The molecule has 1 saturated heterocycles. The molecule has 4 rings (SSSR count). The Labute approximate surface area is 143 Å². The van der Waals surface area contributed by atoms with Crippen LogP contribution in [0.25, 0.3) is 5.65 Å². The second-order valence-electron chi connectivity index (χ2n) is 5.66. The molecule has 1 aliphatic rings. The lowest BCUT2D eigenvalue weighted by atomic mass is 10.1. The Morgan fingerprint density at radius 3 is 2.96 bits per heavy atom. The van der Waals surface area contributed by atoms with Crippen molar-refractivity contribution in [2.75, 3.05) is 23.7 Å². The third-order valence-corrected chi connectivity index (χ3v) is 4.21. The first kappa shape index (κ1) is 15.1. The first-order valence-electron chi connectivity index (χ1n) is 7.84. The quantitative estimate of drug-likeness (QED) is 0.667. The molecule has 0 amide bonds. The molecule has 0 bridgehead atoms. The number of nitrogens with zero attached hydrogens (tertiary/aromatic N) is 5. The number of hydrogen-bond acceptors (Lipinski definition) is 7. The van der Waals surface area contributed by atoms with Gasteiger partial charge in [-0.25, -0.2) is 14.5 Å². The number of imidazole rings is 1. The Balaban J connectivity index is 1.53. The fraction of sp³-hybridized carbons (Fsp3) is 0.333. The molecule has 8 nitrogen and oxygen atoms in total. The first-order chi connectivity index (χ1) is 11.8. The fourth-order valence-electron chi connectivity index (χ4n) is 2.70. The van der Waals surface area contributed by atoms with E-state index in [4.69, 9.17) is 11.6 Å². The van der Waals surface area contributed by atoms with E-state index < -0.39 is 0 Å². The highest BCUT2D eigenvalue weighted by Crippen LogP contribution is 2.23. The number of aromatic nitrogens is 5. The minimum atomic E-state index is 0.370. The largest absolute Gasteiger partial charge is 0.366 e. The van der Waals surface area contributed by atoms with Crippen LogP contribution in [0.1, 0.15) is 12.8 Å². The number of piperidine rings is 1. The van der Waals surface area contributed by atoms with Crippen LogP contribution < -0.4 is 16.0 Å². The maximum atomic E-state index is 6.23. The zero-order valence-electron chi connectivity index (χ0n) is 12.9. The maximum absolute atomic E-state index is 6.23. The number of anilines is 3. The van der Waals surface area contributed by atoms with Crippen molar-refractivity contribution in [3.8, 4) is 0 Å². The second kappa shape index (κ2) is 6.58. The predicted octanol–water partition coefficient (Wildman–Crippen LogP) is 2.08. The average Bonchev–Trinajstić information content (AvgIpc) is 3.06. The van der Waals surface area contributed by atoms with Crippen molar-refractivity contribution in [3.63, 3.8) is 0 Å². The highest BCUT2D eigenvalue weighted by Gasteiger charge is 2.15. The van der Waals surface area contributed by atoms with Crippen LogP contribution in [0.5, 0.6) is 0 Å². The summed E-state index contributed by atoms with van der Waals surface area (Å²) in [7, 11) is 0. The van der Waals surface area contributed by atoms with Crippen molar-refractivity contribution in [2.24, 2.45) is 0 Å². The zero-order valence-corrected chi connectivity index (χ0v) is 13.7. The van der Waals surface area contributed by atoms with Gasteiger partial charge in [0.1, 0.15) is 5.02 Å². The van der Waals surface area contributed by atoms with E-state index in [1.165, 1.54) is 0 Å². The van der Waals surface area contributed by atoms with Crippen molar-refractivity contribution in [1.29, 1.82) is 0 Å². The average molecular weight is 345 g/mol. The maximum Gasteiger partial charge on any atom is 0.229 e. The molecule has 124 valence electrons. The van der Waals surface area contributed by atoms with Gasteiger partial charge in [0.2, 0.25) is 5.95 Å². The van der Waals surface area contributed by atoms with Crippen LogP contribution >= 0.6 is 11.6 Å². The molecule has 4 heterocycles. The van der Waals surface area contributed by atoms with Gasteiger partial charge in [-0.1, -0.05) is 11.6 Å². The van der Waals surface area contributed by atoms with Gasteiger partial charge in [-0.05, 0) is 25.9 Å². The number of nitrogens with one attached hydrogen (secondary N) is 3. The van der Waals surface area contributed by atoms with Gasteiger partial charge < -0.3 is 16.0 Å². The number of halogens is 1. The number of hydrogen-bond donors (Lipinski definition) is 3. The van der Waals surface area contributed by atoms with Crippen LogP contribution in [0.15, 0.2) is 30.9 Å². The predicted molar refractivity (Wildman–Crippen MR) is 92.8 cm³/mol. The van der Waals surface area contributed by atoms with E-state index in [1.54, 1.807) is 29.3 Å². The monoisotopic (exact) mass is 344 g/mol. The van der Waals surface area contributed by atoms with Crippen molar-refractivity contribution in [2.45, 2.75) is 18.9 Å². The van der Waals surface area contributed by atoms with Crippen LogP contribution in [0.4, 0.5) is 17.5 Å². The topological polar surface area (TPSA) is 92.1 Å². The lowest BCUT2D eigenvalue weighted by Crippen LogP contribution is -2.35. The number of rotatable bonds is 4. The van der Waals surface area contributed by atoms with E-state index >= 15 is 0 Å². The Morgan fingerprint density at radius 2 is 2.08 bits per heavy atom. The van der Waals surface area contributed by atoms with Crippen molar-refractivity contribution < 1.29 is 0 Å². The van der Waals surface area contributed by atoms with E-state index in [2.05, 4.69) is 36.0 Å². The molecule has 1 aliphatic heterocycles. The highest BCUT2D eigenvalue weighted by atomic mass is 35.5. The number of fused-ring (bicyclic) bond motifs is 1. The van der Waals surface area contributed by atoms with Gasteiger partial charge in [-0.2, -0.15) is 10.1 Å². The molecular weight excluding hydrogens is 328 g/mol. The van der Waals surface area contributed by atoms with Gasteiger partial charge in [-0.3, -0.25) is 0 Å². The molecular formula is C15H17ClN8. The summed E-state index contributed by atoms with van der Waals surface area (Å²) >= 11 is 6.23. The summed E-state index contributed by atoms with van der Waals surface area (Å²) in [4.78, 5) is 12.9. The smallest absolute Gasteiger partial charge is 0.229 e. The summed E-state index contributed by atoms with van der Waals surface area (Å²) in [5.74, 6) is 1.12. The van der Waals surface area contributed by atoms with E-state index in [1.807, 2.05) is 6.07 Å². The molecule has 3 aromatic rings. The zero-order chi connectivity index (χ0) is 16.4. The second-order valence-corrected chi connectivity index (χ2v) is 6.07. The lowest BCUT2D eigenvalue weighted by Gasteiger charge is -2.24. The van der Waals surface area contributed by atoms with Gasteiger partial charge in [-0.15, -0.1) is 0 Å². The standard InChI is InChI=1S/C15H17ClN8/c16-12-9-19-15(23-14(12)21-10-1-3-17-4-2-10)22-11-7-13-18-5-6-24(13)20-8-11/h5-10,17H,1-4H2,(H2,19,21,22,23). The minimum Gasteiger partial charge on any atom is -0.366 e. The van der Waals surface area contributed by atoms with Crippen LogP contribution in [-0.4, -0.2) is 43.7 Å². The molecule has 0 saturated carbocycles. The fourth-order valence-corrected chi connectivity index (χ4v) is 2.84. The molecule has 3 N–H and O–H groups in total. The normalized spacial score (nSPS) is 15.5. The van der Waals surface area contributed by atoms with Crippen LogP contribution in [-0.2, 0) is 0 Å². The van der Waals surface area contributed by atoms with E-state index in [0.29, 0.717) is 22.8 Å². The van der Waals surface area contributed by atoms with E-state index in [-0.39, 0.29) is 0 Å². The lowest BCUT2D eigenvalue weighted by molar-refractivity contribution is 0.478. The molecule has 9 heteroatoms. The Kier molecular flexibility index (Phi) is 4.14. The summed E-state index contributed by atoms with van der Waals surface area (Å²) in [5.41, 5.74) is 1.52. The van der Waals surface area contributed by atoms with E-state index in [0.717, 1.165) is 37.3 Å². The molecule has 0 spiro atoms. The highest BCUT2D eigenvalue weighted by molar-refractivity contribution is 6.32. The molecule has 0 aromatic carbocycles. The molecule has 0 unspecified atom stereocenters. The summed E-state index contributed by atoms with van der Waals surface area (Å²) in [6.07, 6.45) is 8.88. The summed E-state index contributed by atoms with van der Waals surface area (Å²) in [6, 6.07) is 2.25. The Hall–Kier alpha value is -2.45. The van der Waals surface area contributed by atoms with Crippen LogP contribution in [0, 0.1) is 0 Å². The van der Waals surface area contributed by atoms with Gasteiger partial charge in [0.15, 0.2) is 11.5 Å². The molecule has 24 heavy (non-hydrogen) atoms. The summed E-state index contributed by atoms with van der Waals surface area (Å²) < 4.78 is 1.69. The summed E-state index contributed by atoms with van der Waals surface area (Å²) in [6.45, 7) is 2.00. The van der Waals surface area contributed by atoms with Crippen LogP contribution in [0.3, 0.4) is 0 Å². The van der Waals surface area contributed by atoms with Gasteiger partial charge in [0.25, 0.3) is 0 Å². The molecule has 1 fully saturated rings. The summed E-state index contributed by atoms with van der Waals surface area (Å²) in [5, 5.41) is 14.7. The molecule has 3 aromatic heterocycles. The molecule has 0 aliphatic carbocycles. The van der Waals surface area contributed by atoms with Gasteiger partial charge in [0, 0.05) is 24.5 Å². The molecule has 0 radical (unpaired) electrons. The third-order valence-electron chi connectivity index (χ3n) is 3.94. The van der Waals surface area contributed by atoms with Crippen molar-refractivity contribution in [3.05, 3.63) is 35.9 Å². The van der Waals surface area contributed by atoms with Gasteiger partial charge in [0.05, 0.1) is 18.1 Å². The minimum absolute atomic E-state index is 0.370. The molecule has 0 atom stereocenters. The van der Waals surface area contributed by atoms with E-state index in [9.17, 15) is 0 Å². The van der Waals surface area contributed by atoms with Crippen LogP contribution in [0.2, 0.25) is 5.02 Å². The third kappa shape index (κ3) is 3.24. The first-order valence-corrected chi connectivity index (χ1v) is 8.22. The van der Waals surface area contributed by atoms with Crippen molar-refractivity contribution >= 4 is 34.7 Å². The SMILES string of the molecule is Clc1cnc(Nc2cnn3ccnc3c2)nc1NC1CCNCC1. The van der Waals surface area contributed by atoms with Gasteiger partial charge >= 0.3 is 0 Å². The Bertz CT molecular complexity index is 842. The van der Waals surface area contributed by atoms with Crippen molar-refractivity contribution in [1.82, 2.24) is 29.9 Å². The Morgan fingerprint density at radius 1 is 1.21 bits per heavy atom.